The van der Waals surface area contributed by atoms with E-state index in [0.717, 1.165) is 17.7 Å². The average Bonchev–Trinajstić information content (AvgIpc) is 2.60. The Morgan fingerprint density at radius 1 is 1.57 bits per heavy atom. The molecule has 1 heterocycles. The van der Waals surface area contributed by atoms with Crippen LogP contribution >= 0.6 is 23.1 Å². The Hall–Kier alpha value is -0.520. The van der Waals surface area contributed by atoms with Crippen molar-refractivity contribution in [3.8, 4) is 0 Å². The summed E-state index contributed by atoms with van der Waals surface area (Å²) in [5.74, 6) is 0.731. The minimum absolute atomic E-state index is 0.197. The first kappa shape index (κ1) is 11.6. The lowest BCUT2D eigenvalue weighted by atomic mass is 10.3. The van der Waals surface area contributed by atoms with Crippen LogP contribution in [-0.2, 0) is 5.75 Å². The quantitative estimate of drug-likeness (QED) is 0.737. The summed E-state index contributed by atoms with van der Waals surface area (Å²) in [5.41, 5.74) is 0.880. The van der Waals surface area contributed by atoms with Gasteiger partial charge in [0, 0.05) is 12.4 Å². The lowest BCUT2D eigenvalue weighted by Crippen LogP contribution is -1.96. The molecule has 5 heteroatoms. The van der Waals surface area contributed by atoms with Gasteiger partial charge in [-0.15, -0.1) is 11.3 Å². The van der Waals surface area contributed by atoms with Crippen molar-refractivity contribution in [2.24, 2.45) is 0 Å². The van der Waals surface area contributed by atoms with Crippen LogP contribution in [0.2, 0.25) is 0 Å². The maximum atomic E-state index is 10.7. The zero-order valence-electron chi connectivity index (χ0n) is 7.60. The van der Waals surface area contributed by atoms with E-state index < -0.39 is 5.97 Å². The Bertz CT molecular complexity index is 296. The summed E-state index contributed by atoms with van der Waals surface area (Å²) in [6.45, 7) is 0.197. The van der Waals surface area contributed by atoms with E-state index in [1.165, 1.54) is 11.3 Å². The van der Waals surface area contributed by atoms with Crippen molar-refractivity contribution in [2.75, 3.05) is 12.4 Å². The molecule has 0 bridgehead atoms. The Morgan fingerprint density at radius 2 is 2.36 bits per heavy atom. The fourth-order valence-corrected chi connectivity index (χ4v) is 2.78. The monoisotopic (exact) mass is 232 g/mol. The number of thiophene rings is 1. The average molecular weight is 232 g/mol. The molecule has 1 aromatic rings. The number of carboxylic acid groups (broad SMARTS) is 1. The highest BCUT2D eigenvalue weighted by Gasteiger charge is 2.10. The van der Waals surface area contributed by atoms with Crippen molar-refractivity contribution in [1.82, 2.24) is 0 Å². The van der Waals surface area contributed by atoms with Crippen LogP contribution in [0, 0.1) is 0 Å². The van der Waals surface area contributed by atoms with Gasteiger partial charge in [0.05, 0.1) is 0 Å². The second-order valence-corrected chi connectivity index (χ2v) is 4.73. The van der Waals surface area contributed by atoms with Gasteiger partial charge in [-0.1, -0.05) is 0 Å². The SMILES string of the molecule is O=C(O)c1sccc1CSCCCO. The van der Waals surface area contributed by atoms with E-state index >= 15 is 0 Å². The molecule has 1 aromatic heterocycles. The molecule has 0 aromatic carbocycles. The molecule has 0 aliphatic carbocycles. The van der Waals surface area contributed by atoms with Gasteiger partial charge < -0.3 is 10.2 Å². The molecule has 3 nitrogen and oxygen atoms in total. The molecule has 1 rings (SSSR count). The van der Waals surface area contributed by atoms with E-state index in [4.69, 9.17) is 10.2 Å². The van der Waals surface area contributed by atoms with E-state index in [1.807, 2.05) is 6.07 Å². The fourth-order valence-electron chi connectivity index (χ4n) is 0.986. The standard InChI is InChI=1S/C9H12O3S2/c10-3-1-4-13-6-7-2-5-14-8(7)9(11)12/h2,5,10H,1,3-4,6H2,(H,11,12). The van der Waals surface area contributed by atoms with E-state index in [9.17, 15) is 4.79 Å². The topological polar surface area (TPSA) is 57.5 Å². The molecule has 78 valence electrons. The molecule has 0 atom stereocenters. The third-order valence-corrected chi connectivity index (χ3v) is 3.68. The summed E-state index contributed by atoms with van der Waals surface area (Å²) in [7, 11) is 0. The third-order valence-electron chi connectivity index (χ3n) is 1.65. The lowest BCUT2D eigenvalue weighted by molar-refractivity contribution is 0.0701. The largest absolute Gasteiger partial charge is 0.477 e. The van der Waals surface area contributed by atoms with Crippen molar-refractivity contribution in [3.05, 3.63) is 21.9 Å². The first-order chi connectivity index (χ1) is 6.75. The smallest absolute Gasteiger partial charge is 0.346 e. The van der Waals surface area contributed by atoms with Crippen molar-refractivity contribution < 1.29 is 15.0 Å². The number of aliphatic hydroxyl groups excluding tert-OH is 1. The van der Waals surface area contributed by atoms with Gasteiger partial charge in [-0.05, 0) is 29.2 Å². The van der Waals surface area contributed by atoms with Crippen LogP contribution in [0.15, 0.2) is 11.4 Å². The maximum Gasteiger partial charge on any atom is 0.346 e. The van der Waals surface area contributed by atoms with Crippen molar-refractivity contribution in [3.63, 3.8) is 0 Å². The molecule has 0 aliphatic rings. The summed E-state index contributed by atoms with van der Waals surface area (Å²) < 4.78 is 0. The van der Waals surface area contributed by atoms with Gasteiger partial charge in [0.1, 0.15) is 4.88 Å². The molecule has 14 heavy (non-hydrogen) atoms. The molecule has 0 radical (unpaired) electrons. The van der Waals surface area contributed by atoms with Crippen molar-refractivity contribution in [2.45, 2.75) is 12.2 Å². The van der Waals surface area contributed by atoms with E-state index in [2.05, 4.69) is 0 Å². The molecule has 0 aliphatic heterocycles. The van der Waals surface area contributed by atoms with Gasteiger partial charge in [0.15, 0.2) is 0 Å². The van der Waals surface area contributed by atoms with E-state index in [1.54, 1.807) is 17.1 Å². The van der Waals surface area contributed by atoms with Crippen LogP contribution in [0.3, 0.4) is 0 Å². The summed E-state index contributed by atoms with van der Waals surface area (Å²) in [5, 5.41) is 19.2. The van der Waals surface area contributed by atoms with Gasteiger partial charge in [0.25, 0.3) is 0 Å². The number of carboxylic acids is 1. The lowest BCUT2D eigenvalue weighted by Gasteiger charge is -1.99. The zero-order valence-corrected chi connectivity index (χ0v) is 9.24. The summed E-state index contributed by atoms with van der Waals surface area (Å²) in [4.78, 5) is 11.2. The minimum Gasteiger partial charge on any atom is -0.477 e. The van der Waals surface area contributed by atoms with Gasteiger partial charge in [-0.3, -0.25) is 0 Å². The Labute approximate surface area is 90.8 Å². The Morgan fingerprint density at radius 3 is 3.00 bits per heavy atom. The number of aliphatic hydroxyl groups is 1. The van der Waals surface area contributed by atoms with Crippen LogP contribution in [0.1, 0.15) is 21.7 Å². The third kappa shape index (κ3) is 3.32. The highest BCUT2D eigenvalue weighted by Crippen LogP contribution is 2.22. The van der Waals surface area contributed by atoms with Gasteiger partial charge in [0.2, 0.25) is 0 Å². The predicted octanol–water partition coefficient (Wildman–Crippen LogP) is 2.06. The summed E-state index contributed by atoms with van der Waals surface area (Å²) >= 11 is 2.91. The Kier molecular flexibility index (Phi) is 5.00. The number of aromatic carboxylic acids is 1. The van der Waals surface area contributed by atoms with E-state index in [0.29, 0.717) is 10.6 Å². The van der Waals surface area contributed by atoms with Crippen LogP contribution in [0.5, 0.6) is 0 Å². The van der Waals surface area contributed by atoms with Crippen LogP contribution < -0.4 is 0 Å². The number of carbonyl (C=O) groups is 1. The number of rotatable bonds is 6. The molecule has 0 fully saturated rings. The van der Waals surface area contributed by atoms with Crippen molar-refractivity contribution in [1.29, 1.82) is 0 Å². The first-order valence-corrected chi connectivity index (χ1v) is 6.27. The summed E-state index contributed by atoms with van der Waals surface area (Å²) in [6.07, 6.45) is 0.761. The number of thioether (sulfide) groups is 1. The van der Waals surface area contributed by atoms with Gasteiger partial charge in [-0.25, -0.2) is 4.79 Å². The molecule has 0 saturated carbocycles. The Balaban J connectivity index is 2.42. The van der Waals surface area contributed by atoms with Gasteiger partial charge >= 0.3 is 5.97 Å². The summed E-state index contributed by atoms with van der Waals surface area (Å²) in [6, 6.07) is 1.85. The molecule has 0 saturated heterocycles. The number of hydrogen-bond donors (Lipinski definition) is 2. The zero-order chi connectivity index (χ0) is 10.4. The first-order valence-electron chi connectivity index (χ1n) is 4.24. The minimum atomic E-state index is -0.849. The van der Waals surface area contributed by atoms with Crippen LogP contribution in [0.4, 0.5) is 0 Å². The second kappa shape index (κ2) is 6.06. The van der Waals surface area contributed by atoms with E-state index in [-0.39, 0.29) is 6.61 Å². The predicted molar refractivity (Wildman–Crippen MR) is 59.1 cm³/mol. The van der Waals surface area contributed by atoms with Gasteiger partial charge in [-0.2, -0.15) is 11.8 Å². The highest BCUT2D eigenvalue weighted by atomic mass is 32.2. The molecule has 2 N–H and O–H groups in total. The van der Waals surface area contributed by atoms with Crippen LogP contribution in [0.25, 0.3) is 0 Å². The number of hydrogen-bond acceptors (Lipinski definition) is 4. The molecule has 0 amide bonds. The fraction of sp³-hybridized carbons (Fsp3) is 0.444. The maximum absolute atomic E-state index is 10.7. The highest BCUT2D eigenvalue weighted by molar-refractivity contribution is 7.98. The molecule has 0 unspecified atom stereocenters. The molecule has 0 spiro atoms. The van der Waals surface area contributed by atoms with Crippen LogP contribution in [-0.4, -0.2) is 28.5 Å². The molecular formula is C9H12O3S2. The van der Waals surface area contributed by atoms with Crippen molar-refractivity contribution >= 4 is 29.1 Å². The normalized spacial score (nSPS) is 10.4. The second-order valence-electron chi connectivity index (χ2n) is 2.71. The molecular weight excluding hydrogens is 220 g/mol.